The molecule has 2 N–H and O–H groups in total. The maximum Gasteiger partial charge on any atom is 0.586 e. The number of nitrogens with zero attached hydrogens (tertiary/aromatic N) is 1. The molecule has 176 valence electrons. The zero-order chi connectivity index (χ0) is 24.7. The number of carbonyl (C=O) groups excluding carboxylic acids is 1. The van der Waals surface area contributed by atoms with Crippen molar-refractivity contribution in [2.45, 2.75) is 38.4 Å². The number of pyridine rings is 1. The first-order valence-electron chi connectivity index (χ1n) is 10.5. The first-order valence-corrected chi connectivity index (χ1v) is 10.5. The van der Waals surface area contributed by atoms with Gasteiger partial charge in [-0.25, -0.2) is 9.78 Å². The second kappa shape index (κ2) is 8.40. The van der Waals surface area contributed by atoms with Gasteiger partial charge in [0.1, 0.15) is 5.82 Å². The van der Waals surface area contributed by atoms with Crippen LogP contribution in [0.5, 0.6) is 11.5 Å². The number of hydrogen-bond donors (Lipinski definition) is 2. The smallest absolute Gasteiger partial charge is 0.478 e. The third kappa shape index (κ3) is 4.28. The molecule has 1 aromatic heterocycles. The second-order valence-electron chi connectivity index (χ2n) is 8.10. The van der Waals surface area contributed by atoms with E-state index in [4.69, 9.17) is 0 Å². The van der Waals surface area contributed by atoms with Crippen molar-refractivity contribution in [2.75, 3.05) is 5.32 Å². The van der Waals surface area contributed by atoms with Gasteiger partial charge < -0.3 is 19.9 Å². The summed E-state index contributed by atoms with van der Waals surface area (Å²) >= 11 is 0. The van der Waals surface area contributed by atoms with Crippen molar-refractivity contribution in [2.24, 2.45) is 0 Å². The lowest BCUT2D eigenvalue weighted by Gasteiger charge is -2.16. The number of halogens is 2. The number of amides is 1. The quantitative estimate of drug-likeness (QED) is 0.435. The Hall–Kier alpha value is -4.01. The van der Waals surface area contributed by atoms with E-state index in [-0.39, 0.29) is 28.8 Å². The van der Waals surface area contributed by atoms with Crippen LogP contribution in [0, 0.1) is 0 Å². The van der Waals surface area contributed by atoms with Crippen molar-refractivity contribution in [3.63, 3.8) is 0 Å². The number of alkyl halides is 2. The van der Waals surface area contributed by atoms with E-state index in [1.165, 1.54) is 12.1 Å². The van der Waals surface area contributed by atoms with Crippen LogP contribution in [0.15, 0.2) is 66.3 Å². The Morgan fingerprint density at radius 3 is 2.53 bits per heavy atom. The van der Waals surface area contributed by atoms with Gasteiger partial charge in [0, 0.05) is 5.57 Å². The van der Waals surface area contributed by atoms with E-state index in [1.807, 2.05) is 0 Å². The third-order valence-electron chi connectivity index (χ3n) is 5.85. The van der Waals surface area contributed by atoms with Crippen LogP contribution >= 0.6 is 0 Å². The highest BCUT2D eigenvalue weighted by molar-refractivity contribution is 6.01. The van der Waals surface area contributed by atoms with Gasteiger partial charge in [-0.15, -0.1) is 8.78 Å². The van der Waals surface area contributed by atoms with Gasteiger partial charge in [0.05, 0.1) is 16.7 Å². The highest BCUT2D eigenvalue weighted by atomic mass is 19.3. The molecule has 1 aliphatic heterocycles. The lowest BCUT2D eigenvalue weighted by molar-refractivity contribution is -0.286. The van der Waals surface area contributed by atoms with E-state index < -0.39 is 17.7 Å². The number of carboxylic acid groups (broad SMARTS) is 1. The maximum atomic E-state index is 13.4. The number of ether oxygens (including phenoxy) is 2. The highest BCUT2D eigenvalue weighted by Crippen LogP contribution is 2.52. The largest absolute Gasteiger partial charge is 0.586 e. The number of fused-ring (bicyclic) bond motifs is 1. The molecule has 1 aliphatic carbocycles. The van der Waals surface area contributed by atoms with E-state index in [0.717, 1.165) is 0 Å². The molecule has 0 atom stereocenters. The summed E-state index contributed by atoms with van der Waals surface area (Å²) in [4.78, 5) is 29.0. The number of aromatic nitrogens is 1. The Morgan fingerprint density at radius 1 is 1.18 bits per heavy atom. The molecule has 1 amide bonds. The molecule has 2 aliphatic rings. The topological polar surface area (TPSA) is 97.8 Å². The third-order valence-corrected chi connectivity index (χ3v) is 5.85. The van der Waals surface area contributed by atoms with Crippen LogP contribution in [0.3, 0.4) is 0 Å². The van der Waals surface area contributed by atoms with Gasteiger partial charge >= 0.3 is 12.3 Å². The van der Waals surface area contributed by atoms with Gasteiger partial charge in [0.15, 0.2) is 11.5 Å². The second-order valence-corrected chi connectivity index (χ2v) is 8.10. The first kappa shape index (κ1) is 23.2. The van der Waals surface area contributed by atoms with Crippen molar-refractivity contribution in [3.05, 3.63) is 77.5 Å². The average molecular weight is 468 g/mol. The lowest BCUT2D eigenvalue weighted by Crippen LogP contribution is -2.28. The molecule has 34 heavy (non-hydrogen) atoms. The fraction of sp³-hybridized carbons (Fsp3) is 0.240. The van der Waals surface area contributed by atoms with Crippen molar-refractivity contribution in [1.82, 2.24) is 4.98 Å². The summed E-state index contributed by atoms with van der Waals surface area (Å²) in [6, 6.07) is 9.36. The number of rotatable bonds is 7. The Kier molecular flexibility index (Phi) is 5.72. The molecular weight excluding hydrogens is 446 g/mol. The summed E-state index contributed by atoms with van der Waals surface area (Å²) in [6.45, 7) is 7.04. The predicted octanol–water partition coefficient (Wildman–Crippen LogP) is 5.06. The fourth-order valence-electron chi connectivity index (χ4n) is 3.80. The van der Waals surface area contributed by atoms with E-state index in [9.17, 15) is 23.5 Å². The number of aliphatic carboxylic acids is 1. The van der Waals surface area contributed by atoms with Crippen LogP contribution in [0.1, 0.15) is 37.9 Å². The standard InChI is InChI=1S/C25H22F2N2O5/c1-4-6-17(14(2)15(3)22(30)31)18-7-5-8-21(28-18)29-23(32)24(11-12-24)16-9-10-19-20(13-16)34-25(26,27)33-19/h4-10,13H,3,11-12H2,1-2H3,(H,30,31)(H,28,29,32)/b6-4-,17-14+. The fourth-order valence-corrected chi connectivity index (χ4v) is 3.80. The summed E-state index contributed by atoms with van der Waals surface area (Å²) in [5.41, 5.74) is 1.06. The minimum atomic E-state index is -3.73. The Bertz CT molecular complexity index is 1260. The molecule has 4 rings (SSSR count). The Labute approximate surface area is 194 Å². The number of hydrogen-bond acceptors (Lipinski definition) is 5. The molecule has 1 saturated carbocycles. The van der Waals surface area contributed by atoms with Crippen LogP contribution in [-0.2, 0) is 15.0 Å². The molecule has 9 heteroatoms. The molecule has 0 radical (unpaired) electrons. The summed E-state index contributed by atoms with van der Waals surface area (Å²) in [7, 11) is 0. The monoisotopic (exact) mass is 468 g/mol. The minimum absolute atomic E-state index is 0.0605. The van der Waals surface area contributed by atoms with Crippen LogP contribution in [0.4, 0.5) is 14.6 Å². The molecule has 0 bridgehead atoms. The number of nitrogens with one attached hydrogen (secondary N) is 1. The summed E-state index contributed by atoms with van der Waals surface area (Å²) in [5.74, 6) is -1.39. The molecule has 7 nitrogen and oxygen atoms in total. The van der Waals surface area contributed by atoms with Gasteiger partial charge in [-0.3, -0.25) is 4.79 Å². The lowest BCUT2D eigenvalue weighted by atomic mass is 9.94. The number of allylic oxidation sites excluding steroid dienone is 3. The van der Waals surface area contributed by atoms with Gasteiger partial charge in [-0.1, -0.05) is 30.9 Å². The zero-order valence-corrected chi connectivity index (χ0v) is 18.5. The summed E-state index contributed by atoms with van der Waals surface area (Å²) < 4.78 is 35.7. The first-order chi connectivity index (χ1) is 16.1. The number of benzene rings is 1. The van der Waals surface area contributed by atoms with Crippen LogP contribution < -0.4 is 14.8 Å². The van der Waals surface area contributed by atoms with Crippen LogP contribution in [0.2, 0.25) is 0 Å². The van der Waals surface area contributed by atoms with Gasteiger partial charge in [-0.05, 0) is 62.1 Å². The summed E-state index contributed by atoms with van der Waals surface area (Å²) in [5, 5.41) is 12.1. The van der Waals surface area contributed by atoms with Crippen molar-refractivity contribution >= 4 is 23.3 Å². The molecular formula is C25H22F2N2O5. The molecule has 0 spiro atoms. The molecule has 0 unspecified atom stereocenters. The zero-order valence-electron chi connectivity index (χ0n) is 18.5. The molecule has 0 saturated heterocycles. The number of carbonyl (C=O) groups is 2. The van der Waals surface area contributed by atoms with Crippen LogP contribution in [-0.4, -0.2) is 28.3 Å². The van der Waals surface area contributed by atoms with Gasteiger partial charge in [0.2, 0.25) is 5.91 Å². The number of anilines is 1. The Morgan fingerprint density at radius 2 is 1.88 bits per heavy atom. The SMILES string of the molecule is C=C(C(=O)O)/C(C)=C(\C=C/C)c1cccc(NC(=O)C2(c3ccc4c(c3)OC(F)(F)O4)CC2)n1. The van der Waals surface area contributed by atoms with Crippen LogP contribution in [0.25, 0.3) is 5.57 Å². The minimum Gasteiger partial charge on any atom is -0.478 e. The van der Waals surface area contributed by atoms with Gasteiger partial charge in [-0.2, -0.15) is 0 Å². The van der Waals surface area contributed by atoms with Crippen molar-refractivity contribution in [1.29, 1.82) is 0 Å². The highest BCUT2D eigenvalue weighted by Gasteiger charge is 2.53. The van der Waals surface area contributed by atoms with E-state index in [0.29, 0.717) is 35.2 Å². The molecule has 2 aromatic rings. The maximum absolute atomic E-state index is 13.4. The molecule has 1 fully saturated rings. The summed E-state index contributed by atoms with van der Waals surface area (Å²) in [6.07, 6.45) is 0.823. The normalized spacial score (nSPS) is 17.8. The van der Waals surface area contributed by atoms with E-state index in [2.05, 4.69) is 26.4 Å². The Balaban J connectivity index is 1.59. The van der Waals surface area contributed by atoms with Gasteiger partial charge in [0.25, 0.3) is 0 Å². The van der Waals surface area contributed by atoms with E-state index in [1.54, 1.807) is 50.3 Å². The molecule has 2 heterocycles. The predicted molar refractivity (Wildman–Crippen MR) is 121 cm³/mol. The molecule has 1 aromatic carbocycles. The average Bonchev–Trinajstić information content (AvgIpc) is 3.53. The van der Waals surface area contributed by atoms with E-state index >= 15 is 0 Å². The number of carboxylic acids is 1. The van der Waals surface area contributed by atoms with Crippen molar-refractivity contribution in [3.8, 4) is 11.5 Å². The van der Waals surface area contributed by atoms with Crippen molar-refractivity contribution < 1.29 is 33.0 Å².